The van der Waals surface area contributed by atoms with Crippen LogP contribution in [0.4, 0.5) is 11.4 Å². The van der Waals surface area contributed by atoms with Crippen LogP contribution < -0.4 is 4.65 Å². The minimum absolute atomic E-state index is 0.115. The number of aromatic nitrogens is 2. The van der Waals surface area contributed by atoms with Gasteiger partial charge in [-0.25, -0.2) is 0 Å². The number of nitro groups is 2. The van der Waals surface area contributed by atoms with Crippen LogP contribution in [0.5, 0.6) is 5.75 Å². The second-order valence-corrected chi connectivity index (χ2v) is 21.5. The monoisotopic (exact) mass is 1140 g/mol. The van der Waals surface area contributed by atoms with Gasteiger partial charge < -0.3 is 23.5 Å². The highest BCUT2D eigenvalue weighted by atomic mass is 79.9. The highest BCUT2D eigenvalue weighted by molar-refractivity contribution is 9.10. The maximum atomic E-state index is 12.3. The average Bonchev–Trinajstić information content (AvgIpc) is 4.37. The Morgan fingerprint density at radius 1 is 0.481 bits per heavy atom. The predicted octanol–water partition coefficient (Wildman–Crippen LogP) is 17.9. The van der Waals surface area contributed by atoms with Gasteiger partial charge in [-0.1, -0.05) is 127 Å². The van der Waals surface area contributed by atoms with Crippen LogP contribution in [0.25, 0.3) is 106 Å². The van der Waals surface area contributed by atoms with E-state index in [1.807, 2.05) is 133 Å². The van der Waals surface area contributed by atoms with Crippen LogP contribution in [-0.4, -0.2) is 44.9 Å². The van der Waals surface area contributed by atoms with Gasteiger partial charge >= 0.3 is 7.69 Å². The fourth-order valence-corrected chi connectivity index (χ4v) is 13.8. The molecule has 1 radical (unpaired) electrons. The lowest BCUT2D eigenvalue weighted by Gasteiger charge is -2.10. The Morgan fingerprint density at radius 2 is 0.937 bits per heavy atom. The standard InChI is InChI=1S/C30H18N2O2S.C18H13BNO2.C12H6BrNO2S.C4H8O/c33-32(34)26-18-17-21-20-11-5-7-16-27(20)35-30(21)29(26)23-13-8-15-25-28(23)22-12-4-6-14-24(22)31(25)19-9-2-1-3-10-19;21-19-22-17-12-6-11-16-18(17)14-9-4-5-10-15(14)20(16)13-7-2-1-3-8-13;13-11-9(14(15)16)6-5-8-7-3-1-2-4-10(7)17-12(8)11;1-2-4-5-3-1/h1-18H;1-12,21H;1-6H;1-4H2. The molecule has 0 atom stereocenters. The van der Waals surface area contributed by atoms with E-state index in [9.17, 15) is 20.2 Å². The Bertz CT molecular complexity index is 4590. The molecule has 14 aromatic rings. The molecule has 15 rings (SSSR count). The maximum Gasteiger partial charge on any atom is 0.569 e. The molecule has 0 spiro atoms. The highest BCUT2D eigenvalue weighted by Crippen LogP contribution is 2.48. The topological polar surface area (TPSA) is 135 Å². The molecule has 1 aliphatic heterocycles. The van der Waals surface area contributed by atoms with Crippen LogP contribution in [0.1, 0.15) is 12.8 Å². The summed E-state index contributed by atoms with van der Waals surface area (Å²) in [5.74, 6) is 0.644. The molecule has 15 heteroatoms. The summed E-state index contributed by atoms with van der Waals surface area (Å²) in [4.78, 5) is 22.5. The fraction of sp³-hybridized carbons (Fsp3) is 0.0625. The molecule has 0 aliphatic carbocycles. The molecule has 5 heterocycles. The molecule has 79 heavy (non-hydrogen) atoms. The molecule has 0 amide bonds. The average molecular weight is 1140 g/mol. The molecule has 1 aliphatic rings. The number of para-hydroxylation sites is 4. The molecule has 0 bridgehead atoms. The minimum atomic E-state index is -0.367. The summed E-state index contributed by atoms with van der Waals surface area (Å²) >= 11 is 6.52. The normalized spacial score (nSPS) is 12.1. The van der Waals surface area contributed by atoms with Crippen LogP contribution in [0, 0.1) is 20.2 Å². The molecular formula is C64H45BBrN4O7S2. The van der Waals surface area contributed by atoms with Gasteiger partial charge in [-0.05, 0) is 108 Å². The molecule has 11 nitrogen and oxygen atoms in total. The lowest BCUT2D eigenvalue weighted by Crippen LogP contribution is -2.00. The third-order valence-corrected chi connectivity index (χ3v) is 17.5. The summed E-state index contributed by atoms with van der Waals surface area (Å²) in [5, 5.41) is 40.7. The van der Waals surface area contributed by atoms with Crippen molar-refractivity contribution in [2.75, 3.05) is 13.2 Å². The number of thiophene rings is 2. The van der Waals surface area contributed by atoms with Gasteiger partial charge in [0.15, 0.2) is 0 Å². The van der Waals surface area contributed by atoms with Crippen molar-refractivity contribution in [1.29, 1.82) is 0 Å². The van der Waals surface area contributed by atoms with Gasteiger partial charge in [0.1, 0.15) is 10.2 Å². The van der Waals surface area contributed by atoms with Gasteiger partial charge in [0.2, 0.25) is 0 Å². The van der Waals surface area contributed by atoms with Crippen molar-refractivity contribution >= 4 is 142 Å². The number of benzene rings is 10. The third-order valence-electron chi connectivity index (χ3n) is 14.0. The first-order valence-electron chi connectivity index (χ1n) is 25.5. The van der Waals surface area contributed by atoms with Gasteiger partial charge in [0.05, 0.1) is 46.9 Å². The van der Waals surface area contributed by atoms with E-state index < -0.39 is 0 Å². The van der Waals surface area contributed by atoms with Crippen molar-refractivity contribution in [3.63, 3.8) is 0 Å². The molecule has 10 aromatic carbocycles. The quantitative estimate of drug-likeness (QED) is 0.0954. The van der Waals surface area contributed by atoms with Crippen LogP contribution in [0.2, 0.25) is 0 Å². The number of rotatable bonds is 7. The Balaban J connectivity index is 0.000000121. The number of hydrogen-bond donors (Lipinski definition) is 1. The van der Waals surface area contributed by atoms with E-state index >= 15 is 0 Å². The number of ether oxygens (including phenoxy) is 1. The minimum Gasteiger partial charge on any atom is -0.537 e. The van der Waals surface area contributed by atoms with Crippen molar-refractivity contribution in [3.8, 4) is 28.3 Å². The lowest BCUT2D eigenvalue weighted by atomic mass is 9.96. The summed E-state index contributed by atoms with van der Waals surface area (Å²) in [6, 6.07) is 72.1. The van der Waals surface area contributed by atoms with Crippen molar-refractivity contribution in [1.82, 2.24) is 9.13 Å². The van der Waals surface area contributed by atoms with Crippen LogP contribution in [-0.2, 0) is 4.74 Å². The molecule has 385 valence electrons. The van der Waals surface area contributed by atoms with Crippen molar-refractivity contribution in [2.24, 2.45) is 0 Å². The number of halogens is 1. The van der Waals surface area contributed by atoms with Crippen LogP contribution in [0.3, 0.4) is 0 Å². The summed E-state index contributed by atoms with van der Waals surface area (Å²) in [6.07, 6.45) is 2.56. The van der Waals surface area contributed by atoms with Gasteiger partial charge in [0, 0.05) is 94.8 Å². The Hall–Kier alpha value is -8.70. The van der Waals surface area contributed by atoms with Gasteiger partial charge in [-0.3, -0.25) is 20.2 Å². The van der Waals surface area contributed by atoms with Gasteiger partial charge in [0.25, 0.3) is 11.4 Å². The smallest absolute Gasteiger partial charge is 0.537 e. The van der Waals surface area contributed by atoms with E-state index in [0.29, 0.717) is 15.8 Å². The van der Waals surface area contributed by atoms with E-state index in [0.717, 1.165) is 122 Å². The number of nitrogens with zero attached hydrogens (tertiary/aromatic N) is 4. The lowest BCUT2D eigenvalue weighted by molar-refractivity contribution is -0.385. The van der Waals surface area contributed by atoms with E-state index in [2.05, 4.69) is 97.9 Å². The summed E-state index contributed by atoms with van der Waals surface area (Å²) < 4.78 is 19.4. The van der Waals surface area contributed by atoms with Gasteiger partial charge in [-0.2, -0.15) is 0 Å². The molecular weight excluding hydrogens is 1090 g/mol. The SMILES string of the molecule is C1CCOC1.O=[N+]([O-])c1ccc2c(sc3ccccc32)c1-c1cccc2c1c1ccccc1n2-c1ccccc1.O=[N+]([O-])c1ccc2c(sc3ccccc32)c1Br.O[B]Oc1cccc2c1c1ccccc1n2-c1ccccc1. The second-order valence-electron chi connectivity index (χ2n) is 18.6. The second kappa shape index (κ2) is 22.3. The highest BCUT2D eigenvalue weighted by Gasteiger charge is 2.26. The number of hydrogen-bond acceptors (Lipinski definition) is 9. The van der Waals surface area contributed by atoms with Crippen LogP contribution >= 0.6 is 38.6 Å². The molecule has 1 fully saturated rings. The maximum absolute atomic E-state index is 12.3. The largest absolute Gasteiger partial charge is 0.569 e. The Kier molecular flexibility index (Phi) is 14.4. The third kappa shape index (κ3) is 9.55. The van der Waals surface area contributed by atoms with E-state index in [1.165, 1.54) is 12.8 Å². The van der Waals surface area contributed by atoms with E-state index in [1.54, 1.807) is 34.8 Å². The summed E-state index contributed by atoms with van der Waals surface area (Å²) in [5.41, 5.74) is 8.24. The van der Waals surface area contributed by atoms with Crippen LogP contribution in [0.15, 0.2) is 223 Å². The molecule has 0 unspecified atom stereocenters. The van der Waals surface area contributed by atoms with E-state index in [-0.39, 0.29) is 21.2 Å². The Morgan fingerprint density at radius 3 is 1.48 bits per heavy atom. The van der Waals surface area contributed by atoms with Crippen molar-refractivity contribution in [2.45, 2.75) is 12.8 Å². The molecule has 1 saturated heterocycles. The zero-order chi connectivity index (χ0) is 54.0. The number of fused-ring (bicyclic) bond motifs is 12. The zero-order valence-corrected chi connectivity index (χ0v) is 45.3. The van der Waals surface area contributed by atoms with Gasteiger partial charge in [-0.15, -0.1) is 22.7 Å². The first-order valence-corrected chi connectivity index (χ1v) is 27.9. The number of nitro benzene ring substituents is 2. The zero-order valence-electron chi connectivity index (χ0n) is 42.1. The first-order chi connectivity index (χ1) is 38.8. The van der Waals surface area contributed by atoms with Crippen molar-refractivity contribution in [3.05, 3.63) is 243 Å². The summed E-state index contributed by atoms with van der Waals surface area (Å²) in [6.45, 7) is 2.00. The Labute approximate surface area is 469 Å². The predicted molar refractivity (Wildman–Crippen MR) is 329 cm³/mol. The summed E-state index contributed by atoms with van der Waals surface area (Å²) in [7, 11) is 0.726. The molecule has 1 N–H and O–H groups in total. The van der Waals surface area contributed by atoms with E-state index in [4.69, 9.17) is 14.4 Å². The van der Waals surface area contributed by atoms with Crippen molar-refractivity contribution < 1.29 is 24.3 Å². The first kappa shape index (κ1) is 51.1. The molecule has 0 saturated carbocycles. The fourth-order valence-electron chi connectivity index (χ4n) is 10.7. The molecule has 4 aromatic heterocycles.